The Labute approximate surface area is 117 Å². The molecule has 0 aliphatic rings. The van der Waals surface area contributed by atoms with Gasteiger partial charge in [-0.3, -0.25) is 0 Å². The molecule has 92 valence electrons. The molecule has 3 heterocycles. The summed E-state index contributed by atoms with van der Waals surface area (Å²) in [6, 6.07) is 6.06. The monoisotopic (exact) mass is 322 g/mol. The topological polar surface area (TPSA) is 56.2 Å². The van der Waals surface area contributed by atoms with E-state index in [-0.39, 0.29) is 0 Å². The van der Waals surface area contributed by atoms with E-state index >= 15 is 0 Å². The van der Waals surface area contributed by atoms with Crippen LogP contribution in [0.3, 0.4) is 0 Å². The number of rotatable bonds is 2. The highest BCUT2D eigenvalue weighted by Crippen LogP contribution is 2.28. The second kappa shape index (κ2) is 4.46. The van der Waals surface area contributed by atoms with Crippen LogP contribution < -0.4 is 5.73 Å². The molecule has 0 atom stereocenters. The molecule has 6 heteroatoms. The van der Waals surface area contributed by atoms with Crippen molar-refractivity contribution in [3.8, 4) is 10.6 Å². The van der Waals surface area contributed by atoms with Crippen LogP contribution in [0.2, 0.25) is 0 Å². The van der Waals surface area contributed by atoms with E-state index in [2.05, 4.69) is 44.4 Å². The van der Waals surface area contributed by atoms with Crippen molar-refractivity contribution >= 4 is 32.9 Å². The zero-order chi connectivity index (χ0) is 12.7. The number of halogens is 1. The highest BCUT2D eigenvalue weighted by atomic mass is 79.9. The maximum absolute atomic E-state index is 5.64. The van der Waals surface area contributed by atoms with Gasteiger partial charge in [-0.2, -0.15) is 5.10 Å². The molecule has 0 fully saturated rings. The van der Waals surface area contributed by atoms with Crippen LogP contribution in [0.15, 0.2) is 28.2 Å². The van der Waals surface area contributed by atoms with E-state index < -0.39 is 0 Å². The third-order valence-corrected chi connectivity index (χ3v) is 4.61. The Morgan fingerprint density at radius 1 is 1.39 bits per heavy atom. The Bertz CT molecular complexity index is 716. The lowest BCUT2D eigenvalue weighted by Gasteiger charge is -2.00. The zero-order valence-electron chi connectivity index (χ0n) is 9.72. The SMILES string of the molecule is Cc1ccsc1-c1ccc2nc(CN)c(Br)n2n1. The first-order valence-electron chi connectivity index (χ1n) is 5.49. The quantitative estimate of drug-likeness (QED) is 0.789. The van der Waals surface area contributed by atoms with Crippen molar-refractivity contribution < 1.29 is 0 Å². The molecule has 0 unspecified atom stereocenters. The first kappa shape index (κ1) is 11.8. The predicted octanol–water partition coefficient (Wildman–Crippen LogP) is 2.99. The molecule has 3 rings (SSSR count). The van der Waals surface area contributed by atoms with Gasteiger partial charge in [0.2, 0.25) is 0 Å². The number of aromatic nitrogens is 3. The fraction of sp³-hybridized carbons (Fsp3) is 0.167. The number of aryl methyl sites for hydroxylation is 1. The number of fused-ring (bicyclic) bond motifs is 1. The van der Waals surface area contributed by atoms with Gasteiger partial charge in [0.25, 0.3) is 0 Å². The molecule has 0 aromatic carbocycles. The van der Waals surface area contributed by atoms with Crippen molar-refractivity contribution in [1.29, 1.82) is 0 Å². The summed E-state index contributed by atoms with van der Waals surface area (Å²) in [5.41, 5.74) is 9.46. The number of thiophene rings is 1. The van der Waals surface area contributed by atoms with Gasteiger partial charge in [-0.25, -0.2) is 9.50 Å². The third-order valence-electron chi connectivity index (χ3n) is 2.78. The minimum Gasteiger partial charge on any atom is -0.325 e. The minimum atomic E-state index is 0.400. The van der Waals surface area contributed by atoms with E-state index in [4.69, 9.17) is 5.73 Å². The van der Waals surface area contributed by atoms with Gasteiger partial charge in [-0.15, -0.1) is 11.3 Å². The third kappa shape index (κ3) is 1.77. The summed E-state index contributed by atoms with van der Waals surface area (Å²) in [6.45, 7) is 2.49. The fourth-order valence-corrected chi connectivity index (χ4v) is 3.24. The van der Waals surface area contributed by atoms with Gasteiger partial charge >= 0.3 is 0 Å². The molecule has 4 nitrogen and oxygen atoms in total. The maximum Gasteiger partial charge on any atom is 0.155 e. The van der Waals surface area contributed by atoms with Gasteiger partial charge in [0, 0.05) is 6.54 Å². The zero-order valence-corrected chi connectivity index (χ0v) is 12.1. The lowest BCUT2D eigenvalue weighted by Crippen LogP contribution is -1.98. The summed E-state index contributed by atoms with van der Waals surface area (Å²) in [7, 11) is 0. The Kier molecular flexibility index (Phi) is 2.93. The van der Waals surface area contributed by atoms with Crippen molar-refractivity contribution in [2.45, 2.75) is 13.5 Å². The van der Waals surface area contributed by atoms with Crippen LogP contribution in [0.4, 0.5) is 0 Å². The van der Waals surface area contributed by atoms with Gasteiger partial charge < -0.3 is 5.73 Å². The van der Waals surface area contributed by atoms with Crippen LogP contribution in [0.25, 0.3) is 16.2 Å². The molecule has 0 bridgehead atoms. The van der Waals surface area contributed by atoms with Gasteiger partial charge in [0.1, 0.15) is 10.3 Å². The van der Waals surface area contributed by atoms with E-state index in [0.717, 1.165) is 21.6 Å². The van der Waals surface area contributed by atoms with Gasteiger partial charge in [-0.05, 0) is 52.0 Å². The van der Waals surface area contributed by atoms with E-state index in [1.807, 2.05) is 12.1 Å². The first-order chi connectivity index (χ1) is 8.70. The molecule has 0 saturated heterocycles. The van der Waals surface area contributed by atoms with Crippen LogP contribution in [0.5, 0.6) is 0 Å². The standard InChI is InChI=1S/C12H11BrN4S/c1-7-4-5-18-11(7)8-2-3-10-15-9(6-14)12(13)17(10)16-8/h2-5H,6,14H2,1H3. The normalized spacial score (nSPS) is 11.3. The van der Waals surface area contributed by atoms with Crippen molar-refractivity contribution in [2.24, 2.45) is 5.73 Å². The smallest absolute Gasteiger partial charge is 0.155 e. The van der Waals surface area contributed by atoms with Crippen LogP contribution in [0.1, 0.15) is 11.3 Å². The van der Waals surface area contributed by atoms with Crippen LogP contribution in [0, 0.1) is 6.92 Å². The Morgan fingerprint density at radius 3 is 2.89 bits per heavy atom. The molecule has 0 aliphatic carbocycles. The molecule has 18 heavy (non-hydrogen) atoms. The summed E-state index contributed by atoms with van der Waals surface area (Å²) in [5.74, 6) is 0. The summed E-state index contributed by atoms with van der Waals surface area (Å²) in [5, 5.41) is 6.68. The summed E-state index contributed by atoms with van der Waals surface area (Å²) < 4.78 is 2.62. The molecule has 0 saturated carbocycles. The second-order valence-corrected chi connectivity index (χ2v) is 5.64. The number of nitrogens with zero attached hydrogens (tertiary/aromatic N) is 3. The molecule has 3 aromatic heterocycles. The molecule has 0 amide bonds. The lowest BCUT2D eigenvalue weighted by molar-refractivity contribution is 0.910. The van der Waals surface area contributed by atoms with Crippen molar-refractivity contribution in [3.05, 3.63) is 39.4 Å². The molecular formula is C12H11BrN4S. The Hall–Kier alpha value is -1.24. The Morgan fingerprint density at radius 2 is 2.22 bits per heavy atom. The van der Waals surface area contributed by atoms with E-state index in [9.17, 15) is 0 Å². The van der Waals surface area contributed by atoms with Gasteiger partial charge in [0.15, 0.2) is 5.65 Å². The maximum atomic E-state index is 5.64. The van der Waals surface area contributed by atoms with Gasteiger partial charge in [-0.1, -0.05) is 0 Å². The highest BCUT2D eigenvalue weighted by Gasteiger charge is 2.12. The molecule has 0 aliphatic heterocycles. The number of imidazole rings is 1. The van der Waals surface area contributed by atoms with Crippen LogP contribution >= 0.6 is 27.3 Å². The average Bonchev–Trinajstić information content (AvgIpc) is 2.93. The molecule has 3 aromatic rings. The van der Waals surface area contributed by atoms with E-state index in [1.165, 1.54) is 10.4 Å². The fourth-order valence-electron chi connectivity index (χ4n) is 1.84. The predicted molar refractivity (Wildman–Crippen MR) is 76.6 cm³/mol. The van der Waals surface area contributed by atoms with Crippen LogP contribution in [-0.4, -0.2) is 14.6 Å². The second-order valence-electron chi connectivity index (χ2n) is 3.97. The van der Waals surface area contributed by atoms with Crippen LogP contribution in [-0.2, 0) is 6.54 Å². The number of hydrogen-bond acceptors (Lipinski definition) is 4. The molecule has 0 radical (unpaired) electrons. The Balaban J connectivity index is 2.22. The lowest BCUT2D eigenvalue weighted by atomic mass is 10.2. The number of hydrogen-bond donors (Lipinski definition) is 1. The summed E-state index contributed by atoms with van der Waals surface area (Å²) in [6.07, 6.45) is 0. The van der Waals surface area contributed by atoms with Crippen molar-refractivity contribution in [3.63, 3.8) is 0 Å². The summed E-state index contributed by atoms with van der Waals surface area (Å²) in [4.78, 5) is 5.59. The van der Waals surface area contributed by atoms with E-state index in [1.54, 1.807) is 15.9 Å². The number of nitrogens with two attached hydrogens (primary N) is 1. The van der Waals surface area contributed by atoms with Gasteiger partial charge in [0.05, 0.1) is 10.6 Å². The molecule has 0 spiro atoms. The minimum absolute atomic E-state index is 0.400. The average molecular weight is 323 g/mol. The highest BCUT2D eigenvalue weighted by molar-refractivity contribution is 9.10. The van der Waals surface area contributed by atoms with Crippen molar-refractivity contribution in [2.75, 3.05) is 0 Å². The largest absolute Gasteiger partial charge is 0.325 e. The first-order valence-corrected chi connectivity index (χ1v) is 7.16. The molecule has 2 N–H and O–H groups in total. The molecular weight excluding hydrogens is 312 g/mol. The summed E-state index contributed by atoms with van der Waals surface area (Å²) >= 11 is 5.18. The van der Waals surface area contributed by atoms with Crippen molar-refractivity contribution in [1.82, 2.24) is 14.6 Å². The van der Waals surface area contributed by atoms with E-state index in [0.29, 0.717) is 6.54 Å².